The number of fused-ring (bicyclic) bond motifs is 3. The number of pyridine rings is 1. The van der Waals surface area contributed by atoms with Gasteiger partial charge in [-0.15, -0.1) is 5.10 Å². The van der Waals surface area contributed by atoms with Crippen LogP contribution in [0.4, 0.5) is 0 Å². The van der Waals surface area contributed by atoms with Gasteiger partial charge < -0.3 is 4.74 Å². The van der Waals surface area contributed by atoms with E-state index in [1.54, 1.807) is 6.33 Å². The Labute approximate surface area is 369 Å². The Morgan fingerprint density at radius 2 is 1.13 bits per heavy atom. The van der Waals surface area contributed by atoms with Crippen molar-refractivity contribution in [1.82, 2.24) is 24.3 Å². The van der Waals surface area contributed by atoms with E-state index in [1.807, 2.05) is 53.3 Å². The molecule has 0 spiro atoms. The predicted octanol–water partition coefficient (Wildman–Crippen LogP) is 14.8. The second kappa shape index (κ2) is 15.7. The van der Waals surface area contributed by atoms with Gasteiger partial charge in [0.15, 0.2) is 5.82 Å². The minimum atomic E-state index is -0.0480. The number of hydrogen-bond acceptors (Lipinski definition) is 4. The Kier molecular flexibility index (Phi) is 9.87. The second-order valence-electron chi connectivity index (χ2n) is 18.3. The number of para-hydroxylation sites is 1. The lowest BCUT2D eigenvalue weighted by molar-refractivity contribution is 0.483. The maximum absolute atomic E-state index is 6.65. The lowest BCUT2D eigenvalue weighted by atomic mass is 9.77. The highest BCUT2D eigenvalue weighted by atomic mass is 16.5. The van der Waals surface area contributed by atoms with Crippen molar-refractivity contribution in [2.24, 2.45) is 0 Å². The van der Waals surface area contributed by atoms with Crippen LogP contribution in [0.1, 0.15) is 52.7 Å². The van der Waals surface area contributed by atoms with Gasteiger partial charge in [-0.3, -0.25) is 4.57 Å². The third kappa shape index (κ3) is 7.81. The van der Waals surface area contributed by atoms with Crippen molar-refractivity contribution < 1.29 is 4.74 Å². The fourth-order valence-electron chi connectivity index (χ4n) is 8.54. The van der Waals surface area contributed by atoms with E-state index in [0.29, 0.717) is 11.6 Å². The quantitative estimate of drug-likeness (QED) is 0.153. The Bertz CT molecular complexity index is 3220. The number of benzene rings is 7. The van der Waals surface area contributed by atoms with Gasteiger partial charge in [-0.05, 0) is 116 Å². The third-order valence-corrected chi connectivity index (χ3v) is 11.8. The van der Waals surface area contributed by atoms with Crippen LogP contribution in [0, 0.1) is 0 Å². The Hall–Kier alpha value is -7.57. The molecule has 0 atom stereocenters. The fraction of sp³-hybridized carbons (Fsp3) is 0.140. The second-order valence-corrected chi connectivity index (χ2v) is 18.3. The number of hydrogen-bond donors (Lipinski definition) is 0. The van der Waals surface area contributed by atoms with E-state index >= 15 is 0 Å². The van der Waals surface area contributed by atoms with E-state index in [4.69, 9.17) is 19.8 Å². The highest BCUT2D eigenvalue weighted by molar-refractivity contribution is 6.09. The Balaban J connectivity index is 0.989. The summed E-state index contributed by atoms with van der Waals surface area (Å²) in [5.74, 6) is 2.87. The van der Waals surface area contributed by atoms with Crippen molar-refractivity contribution in [3.8, 4) is 67.8 Å². The largest absolute Gasteiger partial charge is 0.457 e. The van der Waals surface area contributed by atoms with Crippen molar-refractivity contribution in [1.29, 1.82) is 0 Å². The summed E-state index contributed by atoms with van der Waals surface area (Å²) in [5, 5.41) is 7.27. The summed E-state index contributed by atoms with van der Waals surface area (Å²) in [7, 11) is 0. The lowest BCUT2D eigenvalue weighted by Gasteiger charge is -2.27. The highest BCUT2D eigenvalue weighted by Crippen LogP contribution is 2.40. The molecule has 0 aliphatic rings. The van der Waals surface area contributed by atoms with Crippen LogP contribution in [0.15, 0.2) is 188 Å². The Morgan fingerprint density at radius 1 is 0.460 bits per heavy atom. The van der Waals surface area contributed by atoms with Gasteiger partial charge in [0.25, 0.3) is 0 Å². The molecule has 0 saturated carbocycles. The third-order valence-electron chi connectivity index (χ3n) is 11.8. The molecule has 6 heteroatoms. The summed E-state index contributed by atoms with van der Waals surface area (Å²) in [6, 6.07) is 61.5. The molecule has 0 fully saturated rings. The van der Waals surface area contributed by atoms with E-state index < -0.39 is 0 Å². The smallest absolute Gasteiger partial charge is 0.181 e. The molecule has 0 unspecified atom stereocenters. The van der Waals surface area contributed by atoms with Gasteiger partial charge in [0.1, 0.15) is 23.6 Å². The molecule has 10 rings (SSSR count). The standard InChI is InChI=1S/C57H49N5O/c1-56(2,3)44-24-26-48(51(35-44)57(4,5)6)40-28-29-58-54(34-40)62-52-23-14-13-22-49(52)50-27-25-47(36-53(50)62)63-46-21-15-20-41(33-46)55-59-37-61(60-55)45-31-42(38-16-9-7-10-17-38)30-43(32-45)39-18-11-8-12-19-39/h7-37H,1-6H3. The molecule has 7 aromatic carbocycles. The van der Waals surface area contributed by atoms with Crippen molar-refractivity contribution in [3.63, 3.8) is 0 Å². The zero-order chi connectivity index (χ0) is 43.3. The SMILES string of the molecule is CC(C)(C)c1ccc(-c2ccnc(-n3c4ccccc4c4ccc(Oc5cccc(-c6ncn(-c7cc(-c8ccccc8)cc(-c8ccccc8)c7)n6)c5)cc43)c2)c(C(C)(C)C)c1. The molecule has 0 amide bonds. The predicted molar refractivity (Wildman–Crippen MR) is 259 cm³/mol. The first kappa shape index (κ1) is 39.6. The molecule has 0 bridgehead atoms. The molecular formula is C57H49N5O. The molecule has 0 N–H and O–H groups in total. The van der Waals surface area contributed by atoms with E-state index in [1.165, 1.54) is 16.7 Å². The monoisotopic (exact) mass is 819 g/mol. The topological polar surface area (TPSA) is 57.8 Å². The van der Waals surface area contributed by atoms with Crippen molar-refractivity contribution in [2.75, 3.05) is 0 Å². The van der Waals surface area contributed by atoms with Gasteiger partial charge in [0.05, 0.1) is 16.7 Å². The molecule has 0 radical (unpaired) electrons. The molecule has 3 heterocycles. The number of ether oxygens (including phenoxy) is 1. The molecule has 3 aromatic heterocycles. The first-order chi connectivity index (χ1) is 30.5. The summed E-state index contributed by atoms with van der Waals surface area (Å²) in [6.45, 7) is 13.7. The lowest BCUT2D eigenvalue weighted by Crippen LogP contribution is -2.17. The van der Waals surface area contributed by atoms with Crippen molar-refractivity contribution in [2.45, 2.75) is 52.4 Å². The van der Waals surface area contributed by atoms with Gasteiger partial charge in [-0.2, -0.15) is 0 Å². The van der Waals surface area contributed by atoms with E-state index in [2.05, 4.69) is 180 Å². The molecule has 0 aliphatic carbocycles. The van der Waals surface area contributed by atoms with Crippen LogP contribution in [0.25, 0.3) is 78.1 Å². The van der Waals surface area contributed by atoms with Gasteiger partial charge >= 0.3 is 0 Å². The first-order valence-electron chi connectivity index (χ1n) is 21.6. The van der Waals surface area contributed by atoms with Crippen molar-refractivity contribution in [3.05, 3.63) is 200 Å². The molecular weight excluding hydrogens is 771 g/mol. The van der Waals surface area contributed by atoms with Gasteiger partial charge in [0.2, 0.25) is 0 Å². The minimum absolute atomic E-state index is 0.0480. The maximum Gasteiger partial charge on any atom is 0.181 e. The van der Waals surface area contributed by atoms with Crippen molar-refractivity contribution >= 4 is 21.8 Å². The summed E-state index contributed by atoms with van der Waals surface area (Å²) >= 11 is 0. The molecule has 0 saturated heterocycles. The fourth-order valence-corrected chi connectivity index (χ4v) is 8.54. The molecule has 10 aromatic rings. The van der Waals surface area contributed by atoms with Crippen LogP contribution in [-0.4, -0.2) is 24.3 Å². The average molecular weight is 820 g/mol. The van der Waals surface area contributed by atoms with Crippen LogP contribution < -0.4 is 4.74 Å². The summed E-state index contributed by atoms with van der Waals surface area (Å²) in [6.07, 6.45) is 3.71. The zero-order valence-electron chi connectivity index (χ0n) is 36.5. The Morgan fingerprint density at radius 3 is 1.84 bits per heavy atom. The van der Waals surface area contributed by atoms with Gasteiger partial charge in [-0.25, -0.2) is 14.6 Å². The number of aromatic nitrogens is 5. The molecule has 308 valence electrons. The normalized spacial score (nSPS) is 12.0. The van der Waals surface area contributed by atoms with Crippen LogP contribution in [0.5, 0.6) is 11.5 Å². The molecule has 0 aliphatic heterocycles. The van der Waals surface area contributed by atoms with E-state index in [0.717, 1.165) is 72.4 Å². The summed E-state index contributed by atoms with van der Waals surface area (Å²) < 4.78 is 10.7. The molecule has 63 heavy (non-hydrogen) atoms. The van der Waals surface area contributed by atoms with Gasteiger partial charge in [0, 0.05) is 28.6 Å². The zero-order valence-corrected chi connectivity index (χ0v) is 36.5. The minimum Gasteiger partial charge on any atom is -0.457 e. The van der Waals surface area contributed by atoms with Crippen LogP contribution in [0.3, 0.4) is 0 Å². The summed E-state index contributed by atoms with van der Waals surface area (Å²) in [5.41, 5.74) is 13.4. The van der Waals surface area contributed by atoms with E-state index in [9.17, 15) is 0 Å². The average Bonchev–Trinajstić information content (AvgIpc) is 3.93. The number of nitrogens with zero attached hydrogens (tertiary/aromatic N) is 5. The number of rotatable bonds is 8. The van der Waals surface area contributed by atoms with E-state index in [-0.39, 0.29) is 10.8 Å². The first-order valence-corrected chi connectivity index (χ1v) is 21.6. The van der Waals surface area contributed by atoms with Gasteiger partial charge in [-0.1, -0.05) is 151 Å². The molecule has 6 nitrogen and oxygen atoms in total. The van der Waals surface area contributed by atoms with Crippen LogP contribution in [-0.2, 0) is 10.8 Å². The summed E-state index contributed by atoms with van der Waals surface area (Å²) in [4.78, 5) is 9.76. The highest BCUT2D eigenvalue weighted by Gasteiger charge is 2.24. The van der Waals surface area contributed by atoms with Crippen LogP contribution in [0.2, 0.25) is 0 Å². The van der Waals surface area contributed by atoms with Crippen LogP contribution >= 0.6 is 0 Å². The maximum atomic E-state index is 6.65.